The van der Waals surface area contributed by atoms with Crippen LogP contribution in [0.15, 0.2) is 47.4 Å². The molecular weight excluding hydrogens is 370 g/mol. The zero-order valence-corrected chi connectivity index (χ0v) is 15.7. The number of halogens is 2. The molecule has 27 heavy (non-hydrogen) atoms. The van der Waals surface area contributed by atoms with Gasteiger partial charge in [-0.3, -0.25) is 4.90 Å². The van der Waals surface area contributed by atoms with Crippen molar-refractivity contribution in [3.8, 4) is 0 Å². The minimum atomic E-state index is -3.65. The number of sulfonamides is 1. The van der Waals surface area contributed by atoms with E-state index in [1.54, 1.807) is 6.07 Å². The SMILES string of the molecule is O=S(=O)(NC1CCN([C@@H]2CCc3c(F)cccc32)CC1)c1ccc(F)cc1. The van der Waals surface area contributed by atoms with E-state index in [2.05, 4.69) is 9.62 Å². The number of hydrogen-bond donors (Lipinski definition) is 1. The largest absolute Gasteiger partial charge is 0.296 e. The summed E-state index contributed by atoms with van der Waals surface area (Å²) < 4.78 is 54.6. The van der Waals surface area contributed by atoms with E-state index in [-0.39, 0.29) is 22.8 Å². The first-order chi connectivity index (χ1) is 12.9. The fraction of sp³-hybridized carbons (Fsp3) is 0.400. The summed E-state index contributed by atoms with van der Waals surface area (Å²) in [5.41, 5.74) is 1.89. The van der Waals surface area contributed by atoms with Crippen molar-refractivity contribution < 1.29 is 17.2 Å². The molecule has 4 rings (SSSR count). The number of fused-ring (bicyclic) bond motifs is 1. The molecule has 1 aliphatic carbocycles. The van der Waals surface area contributed by atoms with E-state index < -0.39 is 15.8 Å². The summed E-state index contributed by atoms with van der Waals surface area (Å²) in [7, 11) is -3.65. The third-order valence-corrected chi connectivity index (χ3v) is 7.13. The Balaban J connectivity index is 1.39. The first-order valence-corrected chi connectivity index (χ1v) is 10.7. The maximum absolute atomic E-state index is 13.9. The van der Waals surface area contributed by atoms with Gasteiger partial charge in [0.05, 0.1) is 4.90 Å². The van der Waals surface area contributed by atoms with E-state index in [9.17, 15) is 17.2 Å². The molecule has 1 aliphatic heterocycles. The molecule has 144 valence electrons. The zero-order chi connectivity index (χ0) is 19.0. The molecule has 1 saturated heterocycles. The smallest absolute Gasteiger partial charge is 0.240 e. The lowest BCUT2D eigenvalue weighted by Gasteiger charge is -2.36. The van der Waals surface area contributed by atoms with Gasteiger partial charge in [0.1, 0.15) is 11.6 Å². The molecule has 4 nitrogen and oxygen atoms in total. The predicted molar refractivity (Wildman–Crippen MR) is 98.8 cm³/mol. The summed E-state index contributed by atoms with van der Waals surface area (Å²) in [6.45, 7) is 1.52. The van der Waals surface area contributed by atoms with Crippen LogP contribution in [-0.4, -0.2) is 32.4 Å². The van der Waals surface area contributed by atoms with Crippen molar-refractivity contribution in [3.05, 3.63) is 65.2 Å². The van der Waals surface area contributed by atoms with Gasteiger partial charge in [0.2, 0.25) is 10.0 Å². The van der Waals surface area contributed by atoms with Gasteiger partial charge in [0.15, 0.2) is 0 Å². The number of benzene rings is 2. The van der Waals surface area contributed by atoms with Crippen LogP contribution in [0.4, 0.5) is 8.78 Å². The molecule has 7 heteroatoms. The molecule has 1 atom stereocenters. The molecule has 0 radical (unpaired) electrons. The minimum Gasteiger partial charge on any atom is -0.296 e. The molecule has 2 aromatic rings. The van der Waals surface area contributed by atoms with E-state index in [1.807, 2.05) is 6.07 Å². The predicted octanol–water partition coefficient (Wildman–Crippen LogP) is 3.40. The van der Waals surface area contributed by atoms with E-state index >= 15 is 0 Å². The monoisotopic (exact) mass is 392 g/mol. The van der Waals surface area contributed by atoms with Gasteiger partial charge in [0.25, 0.3) is 0 Å². The summed E-state index contributed by atoms with van der Waals surface area (Å²) in [6.07, 6.45) is 3.05. The van der Waals surface area contributed by atoms with Crippen LogP contribution < -0.4 is 4.72 Å². The molecule has 0 unspecified atom stereocenters. The third-order valence-electron chi connectivity index (χ3n) is 5.60. The van der Waals surface area contributed by atoms with Crippen molar-refractivity contribution in [2.24, 2.45) is 0 Å². The molecule has 0 saturated carbocycles. The molecule has 2 aromatic carbocycles. The zero-order valence-electron chi connectivity index (χ0n) is 14.9. The Morgan fingerprint density at radius 2 is 1.67 bits per heavy atom. The highest BCUT2D eigenvalue weighted by atomic mass is 32.2. The average molecular weight is 392 g/mol. The van der Waals surface area contributed by atoms with Crippen LogP contribution >= 0.6 is 0 Å². The number of likely N-dealkylation sites (tertiary alicyclic amines) is 1. The third kappa shape index (κ3) is 3.77. The number of nitrogens with one attached hydrogen (secondary N) is 1. The van der Waals surface area contributed by atoms with Gasteiger partial charge in [-0.25, -0.2) is 21.9 Å². The Morgan fingerprint density at radius 3 is 2.37 bits per heavy atom. The number of rotatable bonds is 4. The molecule has 0 bridgehead atoms. The van der Waals surface area contributed by atoms with Crippen LogP contribution in [0.5, 0.6) is 0 Å². The first kappa shape index (κ1) is 18.5. The number of piperidine rings is 1. The second-order valence-corrected chi connectivity index (χ2v) is 8.96. The quantitative estimate of drug-likeness (QED) is 0.868. The molecule has 1 fully saturated rings. The van der Waals surface area contributed by atoms with Gasteiger partial charge in [-0.2, -0.15) is 0 Å². The lowest BCUT2D eigenvalue weighted by Crippen LogP contribution is -2.45. The van der Waals surface area contributed by atoms with Gasteiger partial charge in [0, 0.05) is 25.2 Å². The Hall–Kier alpha value is -1.83. The van der Waals surface area contributed by atoms with E-state index in [0.29, 0.717) is 12.8 Å². The highest BCUT2D eigenvalue weighted by Gasteiger charge is 2.33. The molecule has 1 heterocycles. The van der Waals surface area contributed by atoms with E-state index in [1.165, 1.54) is 18.2 Å². The van der Waals surface area contributed by atoms with Crippen molar-refractivity contribution in [1.82, 2.24) is 9.62 Å². The fourth-order valence-electron chi connectivity index (χ4n) is 4.20. The maximum atomic E-state index is 13.9. The van der Waals surface area contributed by atoms with E-state index in [0.717, 1.165) is 49.2 Å². The van der Waals surface area contributed by atoms with Crippen LogP contribution in [0.3, 0.4) is 0 Å². The van der Waals surface area contributed by atoms with Crippen LogP contribution in [0.25, 0.3) is 0 Å². The average Bonchev–Trinajstić information content (AvgIpc) is 3.08. The molecule has 1 N–H and O–H groups in total. The summed E-state index contributed by atoms with van der Waals surface area (Å²) in [6, 6.07) is 10.2. The van der Waals surface area contributed by atoms with Crippen LogP contribution in [0.1, 0.15) is 36.4 Å². The lowest BCUT2D eigenvalue weighted by atomic mass is 10.0. The summed E-state index contributed by atoms with van der Waals surface area (Å²) in [5.74, 6) is -0.590. The van der Waals surface area contributed by atoms with E-state index in [4.69, 9.17) is 0 Å². The molecular formula is C20H22F2N2O2S. The van der Waals surface area contributed by atoms with Gasteiger partial charge in [-0.05, 0) is 67.1 Å². The minimum absolute atomic E-state index is 0.0755. The van der Waals surface area contributed by atoms with Crippen molar-refractivity contribution >= 4 is 10.0 Å². The molecule has 0 spiro atoms. The molecule has 0 amide bonds. The van der Waals surface area contributed by atoms with Crippen molar-refractivity contribution in [2.75, 3.05) is 13.1 Å². The summed E-state index contributed by atoms with van der Waals surface area (Å²) in [5, 5.41) is 0. The number of nitrogens with zero attached hydrogens (tertiary/aromatic N) is 1. The topological polar surface area (TPSA) is 49.4 Å². The van der Waals surface area contributed by atoms with Gasteiger partial charge in [-0.1, -0.05) is 12.1 Å². The summed E-state index contributed by atoms with van der Waals surface area (Å²) >= 11 is 0. The van der Waals surface area contributed by atoms with Crippen molar-refractivity contribution in [1.29, 1.82) is 0 Å². The highest BCUT2D eigenvalue weighted by Crippen LogP contribution is 2.38. The Labute approximate surface area is 158 Å². The van der Waals surface area contributed by atoms with Crippen molar-refractivity contribution in [3.63, 3.8) is 0 Å². The standard InChI is InChI=1S/C20H22F2N2O2S/c21-14-4-6-16(7-5-14)27(25,26)23-15-10-12-24(13-11-15)20-9-8-17-18(20)2-1-3-19(17)22/h1-7,15,20,23H,8-13H2/t20-/m1/s1. The van der Waals surface area contributed by atoms with Gasteiger partial charge < -0.3 is 0 Å². The Bertz CT molecular complexity index is 923. The second-order valence-electron chi connectivity index (χ2n) is 7.25. The fourth-order valence-corrected chi connectivity index (χ4v) is 5.50. The van der Waals surface area contributed by atoms with Crippen LogP contribution in [0, 0.1) is 11.6 Å². The summed E-state index contributed by atoms with van der Waals surface area (Å²) in [4.78, 5) is 2.40. The van der Waals surface area contributed by atoms with Crippen molar-refractivity contribution in [2.45, 2.75) is 42.7 Å². The Kier molecular flexibility index (Phi) is 5.01. The molecule has 2 aliphatic rings. The van der Waals surface area contributed by atoms with Crippen LogP contribution in [-0.2, 0) is 16.4 Å². The number of hydrogen-bond acceptors (Lipinski definition) is 3. The Morgan fingerprint density at radius 1 is 0.963 bits per heavy atom. The van der Waals surface area contributed by atoms with Gasteiger partial charge in [-0.15, -0.1) is 0 Å². The highest BCUT2D eigenvalue weighted by molar-refractivity contribution is 7.89. The van der Waals surface area contributed by atoms with Crippen LogP contribution in [0.2, 0.25) is 0 Å². The van der Waals surface area contributed by atoms with Gasteiger partial charge >= 0.3 is 0 Å². The normalized spacial score (nSPS) is 21.3. The lowest BCUT2D eigenvalue weighted by molar-refractivity contribution is 0.149. The first-order valence-electron chi connectivity index (χ1n) is 9.23. The second kappa shape index (κ2) is 7.30. The molecule has 0 aromatic heterocycles. The maximum Gasteiger partial charge on any atom is 0.240 e.